The zero-order chi connectivity index (χ0) is 19.7. The highest BCUT2D eigenvalue weighted by atomic mass is 79.9. The summed E-state index contributed by atoms with van der Waals surface area (Å²) in [6, 6.07) is 5.42. The van der Waals surface area contributed by atoms with E-state index in [1.165, 1.54) is 6.07 Å². The van der Waals surface area contributed by atoms with Crippen molar-refractivity contribution in [1.82, 2.24) is 0 Å². The van der Waals surface area contributed by atoms with Crippen LogP contribution in [0.2, 0.25) is 0 Å². The lowest BCUT2D eigenvalue weighted by atomic mass is 10.0. The van der Waals surface area contributed by atoms with E-state index in [1.54, 1.807) is 6.92 Å². The fourth-order valence-electron chi connectivity index (χ4n) is 2.33. The molecule has 2 aromatic rings. The molecule has 26 heavy (non-hydrogen) atoms. The molecule has 0 fully saturated rings. The summed E-state index contributed by atoms with van der Waals surface area (Å²) >= 11 is 3.10. The minimum atomic E-state index is -4.88. The number of hydrogen-bond donors (Lipinski definition) is 2. The fourth-order valence-corrected chi connectivity index (χ4v) is 4.29. The van der Waals surface area contributed by atoms with Gasteiger partial charge in [0.25, 0.3) is 10.1 Å². The topological polar surface area (TPSA) is 124 Å². The van der Waals surface area contributed by atoms with E-state index in [0.29, 0.717) is 10.9 Å². The molecule has 0 aliphatic heterocycles. The van der Waals surface area contributed by atoms with E-state index < -0.39 is 46.9 Å². The van der Waals surface area contributed by atoms with Crippen LogP contribution in [0.15, 0.2) is 44.6 Å². The number of primary sulfonamides is 1. The molecule has 0 aliphatic carbocycles. The second-order valence-electron chi connectivity index (χ2n) is 5.26. The maximum atomic E-state index is 14.7. The maximum absolute atomic E-state index is 14.7. The number of nitrogens with two attached hydrogens (primary N) is 1. The van der Waals surface area contributed by atoms with Crippen LogP contribution in [0.1, 0.15) is 13.3 Å². The summed E-state index contributed by atoms with van der Waals surface area (Å²) in [6.07, 6.45) is 0.565. The molecular weight excluding hydrogens is 453 g/mol. The predicted octanol–water partition coefficient (Wildman–Crippen LogP) is 2.94. The fraction of sp³-hybridized carbons (Fsp3) is 0.200. The van der Waals surface area contributed by atoms with Crippen LogP contribution < -0.4 is 9.88 Å². The Morgan fingerprint density at radius 1 is 1.15 bits per heavy atom. The molecular formula is C15H15BrFNO6S2. The Morgan fingerprint density at radius 3 is 2.31 bits per heavy atom. The SMILES string of the molecule is CCCOc1cc(Br)cc(F)c1-c1c(S(N)(=O)=O)cccc1S(=O)(=O)O. The van der Waals surface area contributed by atoms with Gasteiger partial charge in [-0.15, -0.1) is 0 Å². The predicted molar refractivity (Wildman–Crippen MR) is 96.5 cm³/mol. The van der Waals surface area contributed by atoms with Crippen molar-refractivity contribution in [3.05, 3.63) is 40.6 Å². The first-order chi connectivity index (χ1) is 12.0. The molecule has 3 N–H and O–H groups in total. The van der Waals surface area contributed by atoms with Crippen molar-refractivity contribution in [2.24, 2.45) is 5.14 Å². The van der Waals surface area contributed by atoms with Gasteiger partial charge in [0.2, 0.25) is 10.0 Å². The van der Waals surface area contributed by atoms with Crippen molar-refractivity contribution in [1.29, 1.82) is 0 Å². The number of hydrogen-bond acceptors (Lipinski definition) is 5. The number of ether oxygens (including phenoxy) is 1. The van der Waals surface area contributed by atoms with Gasteiger partial charge >= 0.3 is 0 Å². The summed E-state index contributed by atoms with van der Waals surface area (Å²) < 4.78 is 77.4. The average molecular weight is 468 g/mol. The first kappa shape index (κ1) is 20.8. The van der Waals surface area contributed by atoms with Crippen molar-refractivity contribution in [2.45, 2.75) is 23.1 Å². The molecule has 0 saturated heterocycles. The molecule has 2 aromatic carbocycles. The lowest BCUT2D eigenvalue weighted by Crippen LogP contribution is -2.16. The first-order valence-corrected chi connectivity index (χ1v) is 11.0. The van der Waals surface area contributed by atoms with Crippen LogP contribution >= 0.6 is 15.9 Å². The minimum Gasteiger partial charge on any atom is -0.493 e. The quantitative estimate of drug-likeness (QED) is 0.629. The van der Waals surface area contributed by atoms with E-state index in [2.05, 4.69) is 15.9 Å². The Morgan fingerprint density at radius 2 is 1.77 bits per heavy atom. The zero-order valence-electron chi connectivity index (χ0n) is 13.4. The zero-order valence-corrected chi connectivity index (χ0v) is 16.7. The Balaban J connectivity index is 3.01. The van der Waals surface area contributed by atoms with Crippen molar-refractivity contribution < 1.29 is 30.5 Å². The van der Waals surface area contributed by atoms with Crippen LogP contribution in [-0.2, 0) is 20.1 Å². The van der Waals surface area contributed by atoms with Crippen LogP contribution in [0.4, 0.5) is 4.39 Å². The van der Waals surface area contributed by atoms with Gasteiger partial charge in [0.1, 0.15) is 16.5 Å². The highest BCUT2D eigenvalue weighted by Gasteiger charge is 2.29. The smallest absolute Gasteiger partial charge is 0.295 e. The van der Waals surface area contributed by atoms with Crippen molar-refractivity contribution in [2.75, 3.05) is 6.61 Å². The molecule has 0 aromatic heterocycles. The van der Waals surface area contributed by atoms with Gasteiger partial charge in [-0.25, -0.2) is 17.9 Å². The number of rotatable bonds is 6. The lowest BCUT2D eigenvalue weighted by molar-refractivity contribution is 0.317. The largest absolute Gasteiger partial charge is 0.493 e. The molecule has 0 amide bonds. The molecule has 0 saturated carbocycles. The minimum absolute atomic E-state index is 0.0975. The van der Waals surface area contributed by atoms with Gasteiger partial charge in [-0.3, -0.25) is 4.55 Å². The van der Waals surface area contributed by atoms with E-state index in [9.17, 15) is 25.8 Å². The Bertz CT molecular complexity index is 1000. The van der Waals surface area contributed by atoms with E-state index in [-0.39, 0.29) is 12.4 Å². The second-order valence-corrected chi connectivity index (χ2v) is 9.09. The van der Waals surface area contributed by atoms with Gasteiger partial charge in [0, 0.05) is 10.0 Å². The van der Waals surface area contributed by atoms with Gasteiger partial charge < -0.3 is 4.74 Å². The summed E-state index contributed by atoms with van der Waals surface area (Å²) in [5.74, 6) is -1.05. The van der Waals surface area contributed by atoms with Crippen molar-refractivity contribution in [3.63, 3.8) is 0 Å². The molecule has 0 atom stereocenters. The molecule has 0 aliphatic rings. The normalized spacial score (nSPS) is 12.2. The molecule has 0 heterocycles. The van der Waals surface area contributed by atoms with Crippen LogP contribution in [-0.4, -0.2) is 28.0 Å². The molecule has 142 valence electrons. The standard InChI is InChI=1S/C15H15BrFNO6S2/c1-2-6-24-11-8-9(16)7-10(17)14(11)15-12(25(18,19)20)4-3-5-13(15)26(21,22)23/h3-5,7-8H,2,6H2,1H3,(H2,18,19,20)(H,21,22,23). The summed E-state index contributed by atoms with van der Waals surface area (Å²) in [4.78, 5) is -1.46. The van der Waals surface area contributed by atoms with Crippen LogP contribution in [0.3, 0.4) is 0 Å². The van der Waals surface area contributed by atoms with Gasteiger partial charge in [0.05, 0.1) is 17.1 Å². The molecule has 0 radical (unpaired) electrons. The monoisotopic (exact) mass is 467 g/mol. The van der Waals surface area contributed by atoms with Crippen molar-refractivity contribution >= 4 is 36.1 Å². The average Bonchev–Trinajstić information content (AvgIpc) is 2.50. The van der Waals surface area contributed by atoms with E-state index in [1.807, 2.05) is 0 Å². The van der Waals surface area contributed by atoms with Gasteiger partial charge in [-0.2, -0.15) is 8.42 Å². The van der Waals surface area contributed by atoms with E-state index in [4.69, 9.17) is 9.88 Å². The number of halogens is 2. The Kier molecular flexibility index (Phi) is 6.08. The molecule has 2 rings (SSSR count). The Hall–Kier alpha value is -1.53. The molecule has 0 bridgehead atoms. The van der Waals surface area contributed by atoms with Crippen LogP contribution in [0.25, 0.3) is 11.1 Å². The van der Waals surface area contributed by atoms with Crippen LogP contribution in [0.5, 0.6) is 5.75 Å². The van der Waals surface area contributed by atoms with Gasteiger partial charge in [-0.1, -0.05) is 28.9 Å². The summed E-state index contributed by atoms with van der Waals surface area (Å²) in [5, 5.41) is 5.16. The molecule has 11 heteroatoms. The number of sulfonamides is 1. The summed E-state index contributed by atoms with van der Waals surface area (Å²) in [7, 11) is -9.32. The number of benzene rings is 2. The molecule has 0 unspecified atom stereocenters. The van der Waals surface area contributed by atoms with Crippen LogP contribution in [0, 0.1) is 5.82 Å². The third-order valence-electron chi connectivity index (χ3n) is 3.30. The second kappa shape index (κ2) is 7.61. The Labute approximate surface area is 158 Å². The lowest BCUT2D eigenvalue weighted by Gasteiger charge is -2.17. The maximum Gasteiger partial charge on any atom is 0.295 e. The first-order valence-electron chi connectivity index (χ1n) is 7.22. The summed E-state index contributed by atoms with van der Waals surface area (Å²) in [6.45, 7) is 1.97. The van der Waals surface area contributed by atoms with Gasteiger partial charge in [0.15, 0.2) is 0 Å². The van der Waals surface area contributed by atoms with Gasteiger partial charge in [-0.05, 0) is 30.7 Å². The molecule has 0 spiro atoms. The third-order valence-corrected chi connectivity index (χ3v) is 5.61. The highest BCUT2D eigenvalue weighted by Crippen LogP contribution is 2.41. The third kappa shape index (κ3) is 4.41. The summed E-state index contributed by atoms with van der Waals surface area (Å²) in [5.41, 5.74) is -1.02. The van der Waals surface area contributed by atoms with E-state index >= 15 is 0 Å². The molecule has 7 nitrogen and oxygen atoms in total. The highest BCUT2D eigenvalue weighted by molar-refractivity contribution is 9.10. The van der Waals surface area contributed by atoms with Crippen molar-refractivity contribution in [3.8, 4) is 16.9 Å². The van der Waals surface area contributed by atoms with E-state index in [0.717, 1.165) is 24.3 Å².